The molecular weight excluding hydrogens is 687 g/mol. The van der Waals surface area contributed by atoms with Gasteiger partial charge in [-0.1, -0.05) is 47.5 Å². The van der Waals surface area contributed by atoms with Crippen LogP contribution in [0.4, 0.5) is 10.5 Å². The van der Waals surface area contributed by atoms with Gasteiger partial charge < -0.3 is 19.9 Å². The van der Waals surface area contributed by atoms with Gasteiger partial charge in [-0.2, -0.15) is 0 Å². The van der Waals surface area contributed by atoms with Gasteiger partial charge in [-0.25, -0.2) is 17.5 Å². The summed E-state index contributed by atoms with van der Waals surface area (Å²) in [6, 6.07) is 15.7. The van der Waals surface area contributed by atoms with Gasteiger partial charge in [-0.15, -0.1) is 12.4 Å². The van der Waals surface area contributed by atoms with Gasteiger partial charge in [0.15, 0.2) is 0 Å². The summed E-state index contributed by atoms with van der Waals surface area (Å²) in [5.41, 5.74) is 2.24. The molecule has 2 atom stereocenters. The third kappa shape index (κ3) is 7.31. The number of rotatable bonds is 8. The normalized spacial score (nSPS) is 18.0. The Morgan fingerprint density at radius 3 is 2.13 bits per heavy atom. The number of urea groups is 1. The fourth-order valence-corrected chi connectivity index (χ4v) is 6.98. The minimum Gasteiger partial charge on any atom is -0.493 e. The first-order valence-corrected chi connectivity index (χ1v) is 16.9. The van der Waals surface area contributed by atoms with Crippen molar-refractivity contribution in [3.05, 3.63) is 87.4 Å². The minimum absolute atomic E-state index is 0. The molecule has 15 heteroatoms. The Labute approximate surface area is 291 Å². The van der Waals surface area contributed by atoms with Crippen LogP contribution in [0.2, 0.25) is 10.0 Å². The van der Waals surface area contributed by atoms with E-state index in [-0.39, 0.29) is 48.7 Å². The monoisotopic (exact) mass is 722 g/mol. The predicted molar refractivity (Wildman–Crippen MR) is 187 cm³/mol. The summed E-state index contributed by atoms with van der Waals surface area (Å²) < 4.78 is 34.6. The topological polar surface area (TPSA) is 115 Å². The maximum atomic E-state index is 14.6. The highest BCUT2D eigenvalue weighted by atomic mass is 35.5. The van der Waals surface area contributed by atoms with Crippen LogP contribution in [0.5, 0.6) is 5.75 Å². The molecule has 0 aliphatic carbocycles. The molecule has 252 valence electrons. The minimum atomic E-state index is -3.96. The molecule has 11 nitrogen and oxygen atoms in total. The quantitative estimate of drug-likeness (QED) is 0.341. The lowest BCUT2D eigenvalue weighted by Crippen LogP contribution is -2.55. The Hall–Kier alpha value is -3.55. The Kier molecular flexibility index (Phi) is 11.3. The molecule has 3 amide bonds. The fourth-order valence-electron chi connectivity index (χ4n) is 5.56. The number of amidine groups is 1. The number of ether oxygens (including phenoxy) is 1. The average Bonchev–Trinajstić information content (AvgIpc) is 3.41. The number of anilines is 1. The van der Waals surface area contributed by atoms with Crippen molar-refractivity contribution < 1.29 is 22.7 Å². The van der Waals surface area contributed by atoms with Gasteiger partial charge in [0.05, 0.1) is 23.9 Å². The maximum Gasteiger partial charge on any atom is 0.326 e. The van der Waals surface area contributed by atoms with Gasteiger partial charge in [0.2, 0.25) is 15.9 Å². The van der Waals surface area contributed by atoms with E-state index < -0.39 is 28.1 Å². The number of nitrogens with one attached hydrogen (secondary N) is 1. The molecule has 2 aliphatic heterocycles. The Balaban J connectivity index is 0.00000500. The number of hydrogen-bond donors (Lipinski definition) is 1. The highest BCUT2D eigenvalue weighted by Gasteiger charge is 2.45. The summed E-state index contributed by atoms with van der Waals surface area (Å²) in [5, 5.41) is 3.82. The van der Waals surface area contributed by atoms with Crippen molar-refractivity contribution in [2.24, 2.45) is 4.99 Å². The van der Waals surface area contributed by atoms with Gasteiger partial charge in [0.25, 0.3) is 0 Å². The van der Waals surface area contributed by atoms with Gasteiger partial charge >= 0.3 is 6.03 Å². The molecule has 47 heavy (non-hydrogen) atoms. The molecule has 0 spiro atoms. The highest BCUT2D eigenvalue weighted by molar-refractivity contribution is 7.89. The van der Waals surface area contributed by atoms with Crippen molar-refractivity contribution in [3.8, 4) is 5.75 Å². The third-order valence-corrected chi connectivity index (χ3v) is 10.2. The third-order valence-electron chi connectivity index (χ3n) is 7.85. The smallest absolute Gasteiger partial charge is 0.326 e. The van der Waals surface area contributed by atoms with Crippen LogP contribution in [-0.4, -0.2) is 94.7 Å². The fraction of sp³-hybridized carbons (Fsp3) is 0.344. The molecule has 0 unspecified atom stereocenters. The van der Waals surface area contributed by atoms with Gasteiger partial charge in [-0.05, 0) is 48.4 Å². The number of hydrogen-bond acceptors (Lipinski definition) is 7. The van der Waals surface area contributed by atoms with Crippen molar-refractivity contribution in [2.75, 3.05) is 59.3 Å². The second-order valence-electron chi connectivity index (χ2n) is 11.3. The number of benzene rings is 3. The zero-order chi connectivity index (χ0) is 33.3. The number of halogens is 3. The Morgan fingerprint density at radius 1 is 1.00 bits per heavy atom. The van der Waals surface area contributed by atoms with Crippen LogP contribution in [0.3, 0.4) is 0 Å². The van der Waals surface area contributed by atoms with E-state index in [1.54, 1.807) is 54.2 Å². The van der Waals surface area contributed by atoms with E-state index in [0.29, 0.717) is 33.6 Å². The second-order valence-corrected chi connectivity index (χ2v) is 14.3. The number of nitrogens with zero attached hydrogens (tertiary/aromatic N) is 5. The van der Waals surface area contributed by atoms with Crippen molar-refractivity contribution in [1.82, 2.24) is 19.4 Å². The van der Waals surface area contributed by atoms with E-state index in [9.17, 15) is 18.0 Å². The molecule has 0 saturated carbocycles. The molecule has 2 heterocycles. The molecule has 1 N–H and O–H groups in total. The maximum absolute atomic E-state index is 14.6. The summed E-state index contributed by atoms with van der Waals surface area (Å²) >= 11 is 12.5. The molecule has 2 aliphatic rings. The molecule has 5 rings (SSSR count). The van der Waals surface area contributed by atoms with E-state index in [4.69, 9.17) is 32.9 Å². The van der Waals surface area contributed by atoms with E-state index in [1.807, 2.05) is 31.2 Å². The van der Waals surface area contributed by atoms with Crippen molar-refractivity contribution in [2.45, 2.75) is 23.9 Å². The van der Waals surface area contributed by atoms with Crippen LogP contribution in [-0.2, 0) is 14.8 Å². The van der Waals surface area contributed by atoms with Gasteiger partial charge in [0, 0.05) is 57.4 Å². The van der Waals surface area contributed by atoms with E-state index >= 15 is 0 Å². The molecule has 3 aromatic rings. The summed E-state index contributed by atoms with van der Waals surface area (Å²) in [7, 11) is 2.46. The van der Waals surface area contributed by atoms with Gasteiger partial charge in [-0.3, -0.25) is 14.7 Å². The molecule has 1 fully saturated rings. The van der Waals surface area contributed by atoms with Crippen LogP contribution in [0.1, 0.15) is 35.7 Å². The standard InChI is InChI=1S/C32H36Cl2N6O5S.ClH/c1-6-45-26-18-25(37(2)3)27(46(43,44)38(4)5)17-24(26)31-36-29(20-7-11-22(33)12-8-20)30(21-9-13-23(34)14-10-21)40(31)32(42)39-16-15-35-28(41)19-39;/h7-14,17-18,29-30H,6,15-16,19H2,1-5H3,(H,35,41);1H/t29-,30+;/m0./s1. The summed E-state index contributed by atoms with van der Waals surface area (Å²) in [4.78, 5) is 36.9. The Morgan fingerprint density at radius 2 is 1.60 bits per heavy atom. The molecule has 0 radical (unpaired) electrons. The molecule has 0 bridgehead atoms. The number of carbonyl (C=O) groups is 2. The SMILES string of the molecule is CCOc1cc(N(C)C)c(S(=O)(=O)N(C)C)cc1C1=N[C@@H](c2ccc(Cl)cc2)[C@@H](c2ccc(Cl)cc2)N1C(=O)N1CCNC(=O)C1.Cl. The van der Waals surface area contributed by atoms with E-state index in [0.717, 1.165) is 15.4 Å². The van der Waals surface area contributed by atoms with Crippen molar-refractivity contribution >= 4 is 69.1 Å². The second kappa shape index (κ2) is 14.7. The van der Waals surface area contributed by atoms with Crippen molar-refractivity contribution in [1.29, 1.82) is 0 Å². The molecule has 3 aromatic carbocycles. The van der Waals surface area contributed by atoms with Crippen LogP contribution >= 0.6 is 35.6 Å². The van der Waals surface area contributed by atoms with Crippen LogP contribution < -0.4 is 15.0 Å². The molecule has 1 saturated heterocycles. The number of piperazine rings is 1. The first-order valence-electron chi connectivity index (χ1n) is 14.7. The lowest BCUT2D eigenvalue weighted by atomic mass is 9.93. The summed E-state index contributed by atoms with van der Waals surface area (Å²) in [6.07, 6.45) is 0. The lowest BCUT2D eigenvalue weighted by molar-refractivity contribution is -0.123. The van der Waals surface area contributed by atoms with E-state index in [2.05, 4.69) is 5.32 Å². The number of aliphatic imine (C=N–C) groups is 1. The number of amides is 3. The number of sulfonamides is 1. The Bertz CT molecular complexity index is 1770. The average molecular weight is 724 g/mol. The zero-order valence-corrected chi connectivity index (χ0v) is 29.8. The van der Waals surface area contributed by atoms with Crippen LogP contribution in [0.25, 0.3) is 0 Å². The largest absolute Gasteiger partial charge is 0.493 e. The van der Waals surface area contributed by atoms with Crippen LogP contribution in [0, 0.1) is 0 Å². The van der Waals surface area contributed by atoms with Crippen molar-refractivity contribution in [3.63, 3.8) is 0 Å². The summed E-state index contributed by atoms with van der Waals surface area (Å²) in [5.74, 6) is 0.280. The summed E-state index contributed by atoms with van der Waals surface area (Å²) in [6.45, 7) is 2.53. The van der Waals surface area contributed by atoms with E-state index in [1.165, 1.54) is 25.1 Å². The van der Waals surface area contributed by atoms with Crippen LogP contribution in [0.15, 0.2) is 70.6 Å². The predicted octanol–water partition coefficient (Wildman–Crippen LogP) is 5.23. The lowest BCUT2D eigenvalue weighted by Gasteiger charge is -2.36. The first kappa shape index (κ1) is 36.3. The zero-order valence-electron chi connectivity index (χ0n) is 26.6. The molecule has 0 aromatic heterocycles. The first-order chi connectivity index (χ1) is 21.8. The van der Waals surface area contributed by atoms with Gasteiger partial charge in [0.1, 0.15) is 29.1 Å². The highest BCUT2D eigenvalue weighted by Crippen LogP contribution is 2.46. The molecular formula is C32H37Cl3N6O5S. The number of carbonyl (C=O) groups excluding carboxylic acids is 2.